The molecule has 220 valence electrons. The summed E-state index contributed by atoms with van der Waals surface area (Å²) in [5.74, 6) is -2.22. The summed E-state index contributed by atoms with van der Waals surface area (Å²) in [4.78, 5) is 18.4. The van der Waals surface area contributed by atoms with Crippen LogP contribution in [0.1, 0.15) is 18.9 Å². The molecule has 0 saturated carbocycles. The van der Waals surface area contributed by atoms with Crippen LogP contribution in [-0.2, 0) is 27.6 Å². The molecule has 15 heteroatoms. The van der Waals surface area contributed by atoms with Gasteiger partial charge in [-0.3, -0.25) is 9.13 Å². The van der Waals surface area contributed by atoms with Crippen LogP contribution in [0.3, 0.4) is 0 Å². The van der Waals surface area contributed by atoms with Gasteiger partial charge in [0.15, 0.2) is 5.65 Å². The summed E-state index contributed by atoms with van der Waals surface area (Å²) in [5.41, 5.74) is 2.69. The van der Waals surface area contributed by atoms with Crippen LogP contribution in [-0.4, -0.2) is 67.6 Å². The second-order valence-electron chi connectivity index (χ2n) is 10.8. The normalized spacial score (nSPS) is 15.3. The predicted octanol–water partition coefficient (Wildman–Crippen LogP) is 2.24. The number of aromatic nitrogens is 6. The molecule has 2 N–H and O–H groups in total. The standard InChI is InChI=1S/C28H26BBrN6O6S/c1-33-21-15-31-26-23(24(21)34(27(33)37)18-9-11-42-12-10-18)22(25(30)35(26)43(40,41)19-5-3-2-4-6-19)16-7-8-20-17(13-16)14-32-36(20)28(29,38)39/h2-8,13-15,18,38-39H,9-12,29H2,1H3. The third kappa shape index (κ3) is 4.21. The van der Waals surface area contributed by atoms with Gasteiger partial charge in [0, 0.05) is 37.3 Å². The molecule has 0 amide bonds. The van der Waals surface area contributed by atoms with Crippen molar-refractivity contribution in [1.82, 2.24) is 27.9 Å². The lowest BCUT2D eigenvalue weighted by atomic mass is 10.0. The second kappa shape index (κ2) is 9.89. The van der Waals surface area contributed by atoms with Crippen molar-refractivity contribution in [2.75, 3.05) is 13.2 Å². The molecule has 12 nitrogen and oxygen atoms in total. The number of aliphatic hydroxyl groups is 2. The van der Waals surface area contributed by atoms with E-state index in [1.807, 2.05) is 0 Å². The van der Waals surface area contributed by atoms with E-state index in [4.69, 9.17) is 4.74 Å². The molecule has 0 unspecified atom stereocenters. The van der Waals surface area contributed by atoms with E-state index in [-0.39, 0.29) is 26.9 Å². The van der Waals surface area contributed by atoms with Gasteiger partial charge in [0.1, 0.15) is 4.60 Å². The Hall–Kier alpha value is -3.76. The van der Waals surface area contributed by atoms with Gasteiger partial charge in [0.25, 0.3) is 10.0 Å². The minimum Gasteiger partial charge on any atom is -0.381 e. The fraction of sp³-hybridized carbons (Fsp3) is 0.250. The fourth-order valence-electron chi connectivity index (χ4n) is 6.00. The van der Waals surface area contributed by atoms with E-state index in [1.54, 1.807) is 54.2 Å². The van der Waals surface area contributed by atoms with Gasteiger partial charge in [0.05, 0.1) is 39.2 Å². The summed E-state index contributed by atoms with van der Waals surface area (Å²) in [5, 5.41) is 25.6. The van der Waals surface area contributed by atoms with Gasteiger partial charge in [-0.15, -0.1) is 0 Å². The van der Waals surface area contributed by atoms with Crippen molar-refractivity contribution in [3.63, 3.8) is 0 Å². The maximum absolute atomic E-state index is 14.2. The number of hydrogen-bond acceptors (Lipinski definition) is 8. The van der Waals surface area contributed by atoms with Crippen molar-refractivity contribution in [3.8, 4) is 11.1 Å². The number of aryl methyl sites for hydroxylation is 1. The number of pyridine rings is 1. The van der Waals surface area contributed by atoms with Crippen molar-refractivity contribution in [2.24, 2.45) is 7.05 Å². The zero-order valence-corrected chi connectivity index (χ0v) is 25.6. The minimum atomic E-state index is -4.14. The second-order valence-corrected chi connectivity index (χ2v) is 13.3. The van der Waals surface area contributed by atoms with E-state index in [0.29, 0.717) is 64.5 Å². The Morgan fingerprint density at radius 2 is 1.79 bits per heavy atom. The smallest absolute Gasteiger partial charge is 0.329 e. The van der Waals surface area contributed by atoms with Crippen LogP contribution >= 0.6 is 15.9 Å². The predicted molar refractivity (Wildman–Crippen MR) is 166 cm³/mol. The van der Waals surface area contributed by atoms with E-state index in [9.17, 15) is 23.4 Å². The number of hydrogen-bond donors (Lipinski definition) is 2. The molecule has 0 atom stereocenters. The quantitative estimate of drug-likeness (QED) is 0.211. The van der Waals surface area contributed by atoms with Gasteiger partial charge in [-0.2, -0.15) is 5.10 Å². The Kier molecular flexibility index (Phi) is 6.45. The van der Waals surface area contributed by atoms with Crippen molar-refractivity contribution in [1.29, 1.82) is 0 Å². The third-order valence-corrected chi connectivity index (χ3v) is 10.7. The van der Waals surface area contributed by atoms with Crippen molar-refractivity contribution < 1.29 is 23.4 Å². The number of fused-ring (bicyclic) bond motifs is 4. The fourth-order valence-corrected chi connectivity index (χ4v) is 8.55. The lowest BCUT2D eigenvalue weighted by molar-refractivity contribution is -0.157. The van der Waals surface area contributed by atoms with Crippen molar-refractivity contribution >= 4 is 66.8 Å². The molecule has 2 aromatic carbocycles. The first-order valence-corrected chi connectivity index (χ1v) is 15.8. The Morgan fingerprint density at radius 1 is 1.07 bits per heavy atom. The number of benzene rings is 2. The zero-order chi connectivity index (χ0) is 30.3. The molecule has 0 aliphatic carbocycles. The SMILES string of the molecule is BC(O)(O)n1ncc2cc(-c3c(Br)n(S(=O)(=O)c4ccccc4)c4ncc5c(c34)n(C3CCOCC3)c(=O)n5C)ccc21. The van der Waals surface area contributed by atoms with E-state index in [0.717, 1.165) is 4.68 Å². The Bertz CT molecular complexity index is 2230. The van der Waals surface area contributed by atoms with Crippen LogP contribution in [0.4, 0.5) is 0 Å². The number of imidazole rings is 1. The molecule has 0 bridgehead atoms. The molecule has 43 heavy (non-hydrogen) atoms. The van der Waals surface area contributed by atoms with Crippen molar-refractivity contribution in [3.05, 3.63) is 76.0 Å². The summed E-state index contributed by atoms with van der Waals surface area (Å²) in [6.07, 6.45) is 4.31. The van der Waals surface area contributed by atoms with Gasteiger partial charge in [-0.25, -0.2) is 26.9 Å². The Labute approximate surface area is 254 Å². The molecule has 0 radical (unpaired) electrons. The first-order chi connectivity index (χ1) is 20.5. The van der Waals surface area contributed by atoms with Gasteiger partial charge in [0.2, 0.25) is 13.7 Å². The summed E-state index contributed by atoms with van der Waals surface area (Å²) in [7, 11) is -1.25. The van der Waals surface area contributed by atoms with E-state index in [1.165, 1.54) is 34.7 Å². The maximum Gasteiger partial charge on any atom is 0.329 e. The van der Waals surface area contributed by atoms with Gasteiger partial charge < -0.3 is 14.9 Å². The van der Waals surface area contributed by atoms with Crippen LogP contribution in [0.2, 0.25) is 0 Å². The monoisotopic (exact) mass is 664 g/mol. The van der Waals surface area contributed by atoms with Crippen LogP contribution in [0.15, 0.2) is 75.2 Å². The highest BCUT2D eigenvalue weighted by Crippen LogP contribution is 2.44. The minimum absolute atomic E-state index is 0.0813. The molecule has 1 aliphatic heterocycles. The molecule has 1 saturated heterocycles. The average molecular weight is 665 g/mol. The molecule has 6 aromatic rings. The van der Waals surface area contributed by atoms with E-state index in [2.05, 4.69) is 26.0 Å². The largest absolute Gasteiger partial charge is 0.381 e. The number of nitrogens with zero attached hydrogens (tertiary/aromatic N) is 6. The lowest BCUT2D eigenvalue weighted by Gasteiger charge is -2.23. The molecule has 1 aliphatic rings. The van der Waals surface area contributed by atoms with Crippen LogP contribution in [0.25, 0.3) is 44.1 Å². The van der Waals surface area contributed by atoms with Crippen LogP contribution in [0.5, 0.6) is 0 Å². The summed E-state index contributed by atoms with van der Waals surface area (Å²) in [6.45, 7) is 1.02. The topological polar surface area (TPSA) is 146 Å². The summed E-state index contributed by atoms with van der Waals surface area (Å²) >= 11 is 3.63. The molecular formula is C28H26BBrN6O6S. The molecule has 1 fully saturated rings. The van der Waals surface area contributed by atoms with Gasteiger partial charge in [-0.05, 0) is 58.6 Å². The lowest BCUT2D eigenvalue weighted by Crippen LogP contribution is -2.34. The Balaban J connectivity index is 1.62. The first-order valence-electron chi connectivity index (χ1n) is 13.6. The summed E-state index contributed by atoms with van der Waals surface area (Å²) < 4.78 is 39.7. The molecule has 4 aromatic heterocycles. The van der Waals surface area contributed by atoms with Crippen LogP contribution in [0, 0.1) is 0 Å². The zero-order valence-electron chi connectivity index (χ0n) is 23.2. The highest BCUT2D eigenvalue weighted by atomic mass is 79.9. The number of halogens is 1. The van der Waals surface area contributed by atoms with Crippen LogP contribution < -0.4 is 5.69 Å². The molecule has 5 heterocycles. The molecule has 7 rings (SSSR count). The maximum atomic E-state index is 14.2. The average Bonchev–Trinajstić information content (AvgIpc) is 3.63. The third-order valence-electron chi connectivity index (χ3n) is 8.03. The first kappa shape index (κ1) is 28.0. The number of rotatable bonds is 5. The number of ether oxygens (including phenoxy) is 1. The van der Waals surface area contributed by atoms with Crippen molar-refractivity contribution in [2.45, 2.75) is 29.6 Å². The highest BCUT2D eigenvalue weighted by molar-refractivity contribution is 9.10. The van der Waals surface area contributed by atoms with E-state index < -0.39 is 15.8 Å². The Morgan fingerprint density at radius 3 is 2.49 bits per heavy atom. The molecule has 0 spiro atoms. The van der Waals surface area contributed by atoms with E-state index >= 15 is 0 Å². The van der Waals surface area contributed by atoms with Gasteiger partial charge >= 0.3 is 5.69 Å². The molecular weight excluding hydrogens is 639 g/mol. The highest BCUT2D eigenvalue weighted by Gasteiger charge is 2.32. The summed E-state index contributed by atoms with van der Waals surface area (Å²) in [6, 6.07) is 13.2. The van der Waals surface area contributed by atoms with Gasteiger partial charge in [-0.1, -0.05) is 24.3 Å².